The van der Waals surface area contributed by atoms with Gasteiger partial charge in [-0.3, -0.25) is 4.79 Å². The van der Waals surface area contributed by atoms with E-state index >= 15 is 0 Å². The third kappa shape index (κ3) is 5.11. The van der Waals surface area contributed by atoms with Gasteiger partial charge in [-0.2, -0.15) is 4.31 Å². The molecule has 1 N–H and O–H groups in total. The van der Waals surface area contributed by atoms with Crippen molar-refractivity contribution in [1.29, 1.82) is 0 Å². The van der Waals surface area contributed by atoms with Gasteiger partial charge in [-0.15, -0.1) is 23.1 Å². The van der Waals surface area contributed by atoms with Crippen LogP contribution in [-0.4, -0.2) is 62.5 Å². The van der Waals surface area contributed by atoms with Crippen molar-refractivity contribution in [3.8, 4) is 0 Å². The first-order valence-corrected chi connectivity index (χ1v) is 12.2. The van der Waals surface area contributed by atoms with Crippen LogP contribution in [-0.2, 0) is 14.8 Å². The van der Waals surface area contributed by atoms with E-state index in [2.05, 4.69) is 10.2 Å². The van der Waals surface area contributed by atoms with Crippen LogP contribution in [0.15, 0.2) is 50.9 Å². The highest BCUT2D eigenvalue weighted by atomic mass is 32.2. The van der Waals surface area contributed by atoms with Crippen LogP contribution >= 0.6 is 23.1 Å². The summed E-state index contributed by atoms with van der Waals surface area (Å²) in [5, 5.41) is 4.74. The second-order valence-corrected chi connectivity index (χ2v) is 10.1. The summed E-state index contributed by atoms with van der Waals surface area (Å²) in [5.41, 5.74) is 0.835. The van der Waals surface area contributed by atoms with Gasteiger partial charge in [0.1, 0.15) is 4.21 Å². The Morgan fingerprint density at radius 1 is 1.15 bits per heavy atom. The number of thiophene rings is 1. The molecule has 0 bridgehead atoms. The van der Waals surface area contributed by atoms with Crippen LogP contribution in [0.3, 0.4) is 0 Å². The number of para-hydroxylation sites is 1. The van der Waals surface area contributed by atoms with Gasteiger partial charge >= 0.3 is 0 Å². The maximum atomic E-state index is 12.5. The summed E-state index contributed by atoms with van der Waals surface area (Å²) in [6.07, 6.45) is 2.37. The number of piperazine rings is 1. The molecule has 2 aromatic rings. The SMILES string of the molecule is CSc1ccccc1NC(=O)CCN1CCN(S(=O)(=O)c2cccs2)CC1. The molecule has 1 aromatic heterocycles. The number of benzene rings is 1. The molecular formula is C18H23N3O3S3. The molecule has 1 aliphatic heterocycles. The third-order valence-electron chi connectivity index (χ3n) is 4.46. The fraction of sp³-hybridized carbons (Fsp3) is 0.389. The van der Waals surface area contributed by atoms with Gasteiger partial charge in [0, 0.05) is 44.0 Å². The molecular weight excluding hydrogens is 402 g/mol. The third-order valence-corrected chi connectivity index (χ3v) is 8.52. The largest absolute Gasteiger partial charge is 0.325 e. The molecule has 0 saturated carbocycles. The van der Waals surface area contributed by atoms with Gasteiger partial charge in [0.2, 0.25) is 5.91 Å². The summed E-state index contributed by atoms with van der Waals surface area (Å²) in [4.78, 5) is 15.4. The van der Waals surface area contributed by atoms with Gasteiger partial charge in [-0.1, -0.05) is 18.2 Å². The Morgan fingerprint density at radius 3 is 2.56 bits per heavy atom. The van der Waals surface area contributed by atoms with Crippen molar-refractivity contribution in [2.45, 2.75) is 15.5 Å². The number of hydrogen-bond donors (Lipinski definition) is 1. The highest BCUT2D eigenvalue weighted by Gasteiger charge is 2.29. The second-order valence-electron chi connectivity index (χ2n) is 6.18. The first kappa shape index (κ1) is 20.3. The minimum Gasteiger partial charge on any atom is -0.325 e. The lowest BCUT2D eigenvalue weighted by molar-refractivity contribution is -0.116. The summed E-state index contributed by atoms with van der Waals surface area (Å²) in [7, 11) is -3.38. The normalized spacial score (nSPS) is 16.3. The summed E-state index contributed by atoms with van der Waals surface area (Å²) in [6.45, 7) is 2.81. The van der Waals surface area contributed by atoms with Crippen molar-refractivity contribution in [1.82, 2.24) is 9.21 Å². The van der Waals surface area contributed by atoms with Crippen LogP contribution in [0.5, 0.6) is 0 Å². The number of sulfonamides is 1. The molecule has 0 aliphatic carbocycles. The van der Waals surface area contributed by atoms with Gasteiger partial charge in [-0.25, -0.2) is 8.42 Å². The fourth-order valence-corrected chi connectivity index (χ4v) is 6.07. The lowest BCUT2D eigenvalue weighted by Gasteiger charge is -2.33. The van der Waals surface area contributed by atoms with E-state index < -0.39 is 10.0 Å². The second kappa shape index (κ2) is 9.20. The van der Waals surface area contributed by atoms with E-state index in [4.69, 9.17) is 0 Å². The van der Waals surface area contributed by atoms with Gasteiger partial charge in [0.15, 0.2) is 0 Å². The van der Waals surface area contributed by atoms with Crippen LogP contribution < -0.4 is 5.32 Å². The van der Waals surface area contributed by atoms with E-state index in [9.17, 15) is 13.2 Å². The maximum absolute atomic E-state index is 12.5. The lowest BCUT2D eigenvalue weighted by Crippen LogP contribution is -2.48. The van der Waals surface area contributed by atoms with E-state index in [1.54, 1.807) is 29.3 Å². The average molecular weight is 426 g/mol. The van der Waals surface area contributed by atoms with Crippen molar-refractivity contribution in [3.63, 3.8) is 0 Å². The fourth-order valence-electron chi connectivity index (χ4n) is 2.95. The zero-order valence-electron chi connectivity index (χ0n) is 15.1. The Hall–Kier alpha value is -1.39. The Kier molecular flexibility index (Phi) is 6.93. The van der Waals surface area contributed by atoms with Crippen LogP contribution in [0, 0.1) is 0 Å². The van der Waals surface area contributed by atoms with Crippen LogP contribution in [0.1, 0.15) is 6.42 Å². The number of carbonyl (C=O) groups is 1. The Labute approximate surface area is 168 Å². The Bertz CT molecular complexity index is 861. The van der Waals surface area contributed by atoms with Crippen LogP contribution in [0.2, 0.25) is 0 Å². The quantitative estimate of drug-likeness (QED) is 0.691. The number of amides is 1. The topological polar surface area (TPSA) is 69.7 Å². The van der Waals surface area contributed by atoms with Gasteiger partial charge < -0.3 is 10.2 Å². The van der Waals surface area contributed by atoms with Crippen LogP contribution in [0.4, 0.5) is 5.69 Å². The van der Waals surface area contributed by atoms with Crippen molar-refractivity contribution >= 4 is 44.7 Å². The lowest BCUT2D eigenvalue weighted by atomic mass is 10.3. The maximum Gasteiger partial charge on any atom is 0.252 e. The minimum absolute atomic E-state index is 0.0230. The molecule has 9 heteroatoms. The molecule has 3 rings (SSSR count). The highest BCUT2D eigenvalue weighted by molar-refractivity contribution is 7.98. The van der Waals surface area contributed by atoms with Gasteiger partial charge in [0.05, 0.1) is 5.69 Å². The van der Waals surface area contributed by atoms with E-state index in [1.165, 1.54) is 15.6 Å². The summed E-state index contributed by atoms with van der Waals surface area (Å²) < 4.78 is 27.0. The van der Waals surface area contributed by atoms with Gasteiger partial charge in [0.25, 0.3) is 10.0 Å². The van der Waals surface area contributed by atoms with Crippen molar-refractivity contribution < 1.29 is 13.2 Å². The van der Waals surface area contributed by atoms with Crippen molar-refractivity contribution in [3.05, 3.63) is 41.8 Å². The smallest absolute Gasteiger partial charge is 0.252 e. The van der Waals surface area contributed by atoms with Crippen LogP contribution in [0.25, 0.3) is 0 Å². The van der Waals surface area contributed by atoms with E-state index in [0.717, 1.165) is 10.6 Å². The molecule has 1 saturated heterocycles. The molecule has 27 heavy (non-hydrogen) atoms. The highest BCUT2D eigenvalue weighted by Crippen LogP contribution is 2.25. The molecule has 1 aromatic carbocycles. The molecule has 2 heterocycles. The average Bonchev–Trinajstić information content (AvgIpc) is 3.23. The molecule has 6 nitrogen and oxygen atoms in total. The van der Waals surface area contributed by atoms with E-state index in [-0.39, 0.29) is 5.91 Å². The molecule has 0 spiro atoms. The minimum atomic E-state index is -3.38. The van der Waals surface area contributed by atoms with Gasteiger partial charge in [-0.05, 0) is 29.8 Å². The van der Waals surface area contributed by atoms with E-state index in [0.29, 0.717) is 43.4 Å². The Morgan fingerprint density at radius 2 is 1.89 bits per heavy atom. The molecule has 1 amide bonds. The monoisotopic (exact) mass is 425 g/mol. The zero-order chi connectivity index (χ0) is 19.3. The van der Waals surface area contributed by atoms with Crippen molar-refractivity contribution in [2.24, 2.45) is 0 Å². The van der Waals surface area contributed by atoms with Crippen molar-refractivity contribution in [2.75, 3.05) is 44.3 Å². The molecule has 0 radical (unpaired) electrons. The molecule has 0 atom stereocenters. The molecule has 1 aliphatic rings. The number of nitrogens with one attached hydrogen (secondary N) is 1. The predicted molar refractivity (Wildman–Crippen MR) is 111 cm³/mol. The van der Waals surface area contributed by atoms with E-state index in [1.807, 2.05) is 30.5 Å². The molecule has 0 unspecified atom stereocenters. The predicted octanol–water partition coefficient (Wildman–Crippen LogP) is 2.81. The summed E-state index contributed by atoms with van der Waals surface area (Å²) in [5.74, 6) is -0.0230. The standard InChI is InChI=1S/C18H23N3O3S3/c1-25-16-6-3-2-5-15(16)19-17(22)8-9-20-10-12-21(13-11-20)27(23,24)18-7-4-14-26-18/h2-7,14H,8-13H2,1H3,(H,19,22). The first-order chi connectivity index (χ1) is 13.0. The number of nitrogens with zero attached hydrogens (tertiary/aromatic N) is 2. The molecule has 146 valence electrons. The number of carbonyl (C=O) groups excluding carboxylic acids is 1. The summed E-state index contributed by atoms with van der Waals surface area (Å²) >= 11 is 2.84. The summed E-state index contributed by atoms with van der Waals surface area (Å²) in [6, 6.07) is 11.1. The zero-order valence-corrected chi connectivity index (χ0v) is 17.6. The first-order valence-electron chi connectivity index (χ1n) is 8.69. The number of thioether (sulfide) groups is 1. The number of hydrogen-bond acceptors (Lipinski definition) is 6. The number of anilines is 1. The number of rotatable bonds is 7. The Balaban J connectivity index is 1.46. The molecule has 1 fully saturated rings.